The summed E-state index contributed by atoms with van der Waals surface area (Å²) < 4.78 is 0. The zero-order valence-electron chi connectivity index (χ0n) is 16.5. The summed E-state index contributed by atoms with van der Waals surface area (Å²) in [7, 11) is 0. The molecule has 3 aromatic rings. The van der Waals surface area contributed by atoms with Gasteiger partial charge in [-0.15, -0.1) is 0 Å². The van der Waals surface area contributed by atoms with E-state index in [1.54, 1.807) is 0 Å². The molecule has 3 aromatic carbocycles. The third kappa shape index (κ3) is 2.15. The van der Waals surface area contributed by atoms with Crippen molar-refractivity contribution in [3.63, 3.8) is 0 Å². The fourth-order valence-electron chi connectivity index (χ4n) is 5.91. The van der Waals surface area contributed by atoms with E-state index in [1.165, 1.54) is 21.6 Å². The lowest BCUT2D eigenvalue weighted by Crippen LogP contribution is -2.44. The van der Waals surface area contributed by atoms with Crippen LogP contribution in [0.25, 0.3) is 5.57 Å². The summed E-state index contributed by atoms with van der Waals surface area (Å²) in [6.07, 6.45) is 3.58. The van der Waals surface area contributed by atoms with Crippen LogP contribution in [-0.2, 0) is 21.4 Å². The van der Waals surface area contributed by atoms with E-state index in [-0.39, 0.29) is 23.7 Å². The minimum absolute atomic E-state index is 0.0709. The van der Waals surface area contributed by atoms with Gasteiger partial charge in [0.1, 0.15) is 0 Å². The molecular weight excluding hydrogens is 370 g/mol. The molecule has 0 saturated carbocycles. The molecule has 3 atom stereocenters. The summed E-state index contributed by atoms with van der Waals surface area (Å²) >= 11 is 0. The van der Waals surface area contributed by atoms with Gasteiger partial charge in [-0.2, -0.15) is 0 Å². The minimum atomic E-state index is -0.496. The third-order valence-electron chi connectivity index (χ3n) is 7.09. The normalized spacial score (nSPS) is 26.8. The first-order valence-corrected chi connectivity index (χ1v) is 10.5. The lowest BCUT2D eigenvalue weighted by atomic mass is 9.59. The second-order valence-electron chi connectivity index (χ2n) is 8.46. The van der Waals surface area contributed by atoms with Crippen LogP contribution in [0.1, 0.15) is 23.1 Å². The SMILES string of the molecule is O=C1C2CC=C3c4ccccc4CC3(c3ccccc3)C2C(=O)N1c1ccccc1. The van der Waals surface area contributed by atoms with E-state index < -0.39 is 5.41 Å². The molecule has 3 nitrogen and oxygen atoms in total. The van der Waals surface area contributed by atoms with Gasteiger partial charge in [-0.25, -0.2) is 0 Å². The number of nitrogens with zero attached hydrogens (tertiary/aromatic N) is 1. The number of hydrogen-bond acceptors (Lipinski definition) is 2. The Morgan fingerprint density at radius 1 is 0.767 bits per heavy atom. The Morgan fingerprint density at radius 2 is 1.43 bits per heavy atom. The summed E-state index contributed by atoms with van der Waals surface area (Å²) in [6.45, 7) is 0. The Balaban J connectivity index is 1.57. The zero-order chi connectivity index (χ0) is 20.3. The maximum absolute atomic E-state index is 13.9. The van der Waals surface area contributed by atoms with Gasteiger partial charge in [0.15, 0.2) is 0 Å². The van der Waals surface area contributed by atoms with Gasteiger partial charge in [-0.3, -0.25) is 14.5 Å². The largest absolute Gasteiger partial charge is 0.274 e. The van der Waals surface area contributed by atoms with E-state index in [2.05, 4.69) is 42.5 Å². The summed E-state index contributed by atoms with van der Waals surface area (Å²) in [5.41, 5.74) is 4.98. The maximum Gasteiger partial charge on any atom is 0.238 e. The molecule has 0 radical (unpaired) electrons. The van der Waals surface area contributed by atoms with E-state index in [9.17, 15) is 9.59 Å². The highest BCUT2D eigenvalue weighted by Gasteiger charge is 2.62. The Kier molecular flexibility index (Phi) is 3.64. The fraction of sp³-hybridized carbons (Fsp3) is 0.185. The number of para-hydroxylation sites is 1. The lowest BCUT2D eigenvalue weighted by molar-refractivity contribution is -0.122. The molecular formula is C27H21NO2. The number of benzene rings is 3. The number of fused-ring (bicyclic) bond motifs is 5. The fourth-order valence-corrected chi connectivity index (χ4v) is 5.91. The van der Waals surface area contributed by atoms with Crippen LogP contribution in [0, 0.1) is 11.8 Å². The van der Waals surface area contributed by atoms with Crippen LogP contribution in [0.5, 0.6) is 0 Å². The number of rotatable bonds is 2. The summed E-state index contributed by atoms with van der Waals surface area (Å²) in [5.74, 6) is -0.854. The van der Waals surface area contributed by atoms with Crippen LogP contribution in [0.15, 0.2) is 91.0 Å². The molecule has 0 N–H and O–H groups in total. The van der Waals surface area contributed by atoms with Gasteiger partial charge in [0, 0.05) is 5.41 Å². The van der Waals surface area contributed by atoms with E-state index >= 15 is 0 Å². The average molecular weight is 391 g/mol. The van der Waals surface area contributed by atoms with E-state index in [0.717, 1.165) is 12.0 Å². The van der Waals surface area contributed by atoms with Gasteiger partial charge in [-0.05, 0) is 47.2 Å². The highest BCUT2D eigenvalue weighted by molar-refractivity contribution is 6.23. The van der Waals surface area contributed by atoms with Crippen molar-refractivity contribution in [3.05, 3.63) is 108 Å². The second-order valence-corrected chi connectivity index (χ2v) is 8.46. The van der Waals surface area contributed by atoms with Crippen molar-refractivity contribution in [2.45, 2.75) is 18.3 Å². The molecule has 0 bridgehead atoms. The van der Waals surface area contributed by atoms with Crippen LogP contribution < -0.4 is 4.90 Å². The summed E-state index contributed by atoms with van der Waals surface area (Å²) in [4.78, 5) is 28.8. The van der Waals surface area contributed by atoms with E-state index in [1.807, 2.05) is 48.5 Å². The zero-order valence-corrected chi connectivity index (χ0v) is 16.5. The molecule has 6 rings (SSSR count). The molecule has 0 aromatic heterocycles. The van der Waals surface area contributed by atoms with Crippen molar-refractivity contribution >= 4 is 23.1 Å². The molecule has 1 heterocycles. The molecule has 3 heteroatoms. The van der Waals surface area contributed by atoms with Crippen LogP contribution >= 0.6 is 0 Å². The first kappa shape index (κ1) is 17.4. The number of allylic oxidation sites excluding steroid dienone is 2. The Labute approximate surface area is 175 Å². The van der Waals surface area contributed by atoms with Crippen LogP contribution in [-0.4, -0.2) is 11.8 Å². The predicted molar refractivity (Wildman–Crippen MR) is 117 cm³/mol. The molecule has 2 amide bonds. The molecule has 146 valence electrons. The van der Waals surface area contributed by atoms with Crippen molar-refractivity contribution in [2.24, 2.45) is 11.8 Å². The van der Waals surface area contributed by atoms with Gasteiger partial charge >= 0.3 is 0 Å². The Bertz CT molecular complexity index is 1200. The Morgan fingerprint density at radius 3 is 2.20 bits per heavy atom. The van der Waals surface area contributed by atoms with Crippen LogP contribution in [0.3, 0.4) is 0 Å². The predicted octanol–water partition coefficient (Wildman–Crippen LogP) is 4.77. The average Bonchev–Trinajstić information content (AvgIpc) is 3.27. The van der Waals surface area contributed by atoms with Crippen molar-refractivity contribution in [1.82, 2.24) is 0 Å². The lowest BCUT2D eigenvalue weighted by Gasteiger charge is -2.41. The number of carbonyl (C=O) groups excluding carboxylic acids is 2. The monoisotopic (exact) mass is 391 g/mol. The van der Waals surface area contributed by atoms with E-state index in [0.29, 0.717) is 12.1 Å². The first-order chi connectivity index (χ1) is 14.7. The topological polar surface area (TPSA) is 37.4 Å². The number of amides is 2. The van der Waals surface area contributed by atoms with Gasteiger partial charge in [-0.1, -0.05) is 78.9 Å². The summed E-state index contributed by atoms with van der Waals surface area (Å²) in [5, 5.41) is 0. The smallest absolute Gasteiger partial charge is 0.238 e. The number of imide groups is 1. The number of carbonyl (C=O) groups is 2. The standard InChI is InChI=1S/C27H21NO2/c29-25-22-15-16-23-21-14-8-7-9-18(21)17-27(23,19-10-3-1-4-11-19)24(22)26(30)28(25)20-12-5-2-6-13-20/h1-14,16,22,24H,15,17H2. The minimum Gasteiger partial charge on any atom is -0.274 e. The van der Waals surface area contributed by atoms with E-state index in [4.69, 9.17) is 0 Å². The maximum atomic E-state index is 13.9. The summed E-state index contributed by atoms with van der Waals surface area (Å²) in [6, 6.07) is 28.1. The molecule has 30 heavy (non-hydrogen) atoms. The van der Waals surface area contributed by atoms with Gasteiger partial charge in [0.25, 0.3) is 0 Å². The molecule has 1 fully saturated rings. The molecule has 2 aliphatic carbocycles. The van der Waals surface area contributed by atoms with Crippen molar-refractivity contribution in [3.8, 4) is 0 Å². The van der Waals surface area contributed by atoms with Gasteiger partial charge in [0.05, 0.1) is 17.5 Å². The third-order valence-corrected chi connectivity index (χ3v) is 7.09. The molecule has 3 aliphatic rings. The van der Waals surface area contributed by atoms with Gasteiger partial charge in [0.2, 0.25) is 11.8 Å². The number of anilines is 1. The van der Waals surface area contributed by atoms with Crippen molar-refractivity contribution in [1.29, 1.82) is 0 Å². The molecule has 1 saturated heterocycles. The highest BCUT2D eigenvalue weighted by atomic mass is 16.2. The van der Waals surface area contributed by atoms with Crippen LogP contribution in [0.2, 0.25) is 0 Å². The first-order valence-electron chi connectivity index (χ1n) is 10.5. The number of hydrogen-bond donors (Lipinski definition) is 0. The Hall–Kier alpha value is -3.46. The quantitative estimate of drug-likeness (QED) is 0.590. The van der Waals surface area contributed by atoms with Crippen molar-refractivity contribution < 1.29 is 9.59 Å². The molecule has 0 spiro atoms. The van der Waals surface area contributed by atoms with Crippen LogP contribution in [0.4, 0.5) is 5.69 Å². The molecule has 1 aliphatic heterocycles. The molecule has 3 unspecified atom stereocenters. The highest BCUT2D eigenvalue weighted by Crippen LogP contribution is 2.60. The van der Waals surface area contributed by atoms with Crippen molar-refractivity contribution in [2.75, 3.05) is 4.90 Å². The second kappa shape index (κ2) is 6.27. The van der Waals surface area contributed by atoms with Gasteiger partial charge < -0.3 is 0 Å².